The van der Waals surface area contributed by atoms with Gasteiger partial charge in [0.2, 0.25) is 17.8 Å². The first kappa shape index (κ1) is 22.0. The summed E-state index contributed by atoms with van der Waals surface area (Å²) >= 11 is 0. The van der Waals surface area contributed by atoms with E-state index >= 15 is 0 Å². The molecule has 0 aliphatic carbocycles. The number of aromatic nitrogens is 3. The molecule has 8 heteroatoms. The minimum Gasteiger partial charge on any atom is -0.368 e. The van der Waals surface area contributed by atoms with Gasteiger partial charge in [0.05, 0.1) is 6.54 Å². The van der Waals surface area contributed by atoms with Gasteiger partial charge in [0.25, 0.3) is 0 Å². The van der Waals surface area contributed by atoms with Gasteiger partial charge >= 0.3 is 0 Å². The SMILES string of the molecule is CCc1ccccc1Nc1nc(N)nc(CN2CCCC(CNC(=O)C(C)C)C2)n1. The van der Waals surface area contributed by atoms with Crippen LogP contribution in [0.2, 0.25) is 0 Å². The fourth-order valence-electron chi connectivity index (χ4n) is 3.75. The Bertz CT molecular complexity index is 855. The van der Waals surface area contributed by atoms with Crippen LogP contribution in [0.25, 0.3) is 0 Å². The summed E-state index contributed by atoms with van der Waals surface area (Å²) < 4.78 is 0. The molecule has 162 valence electrons. The third-order valence-electron chi connectivity index (χ3n) is 5.40. The average molecular weight is 412 g/mol. The minimum atomic E-state index is 0.0154. The normalized spacial score (nSPS) is 17.1. The molecular formula is C22H33N7O. The summed E-state index contributed by atoms with van der Waals surface area (Å²) in [5.74, 6) is 1.91. The number of hydrogen-bond acceptors (Lipinski definition) is 7. The van der Waals surface area contributed by atoms with Gasteiger partial charge in [-0.05, 0) is 43.4 Å². The summed E-state index contributed by atoms with van der Waals surface area (Å²) in [5, 5.41) is 6.34. The molecule has 1 atom stereocenters. The van der Waals surface area contributed by atoms with Crippen LogP contribution in [0, 0.1) is 11.8 Å². The zero-order chi connectivity index (χ0) is 21.5. The van der Waals surface area contributed by atoms with Gasteiger partial charge in [-0.25, -0.2) is 0 Å². The van der Waals surface area contributed by atoms with E-state index in [4.69, 9.17) is 5.73 Å². The first-order chi connectivity index (χ1) is 14.4. The van der Waals surface area contributed by atoms with E-state index in [9.17, 15) is 4.79 Å². The van der Waals surface area contributed by atoms with E-state index in [2.05, 4.69) is 43.5 Å². The predicted molar refractivity (Wildman–Crippen MR) is 119 cm³/mol. The lowest BCUT2D eigenvalue weighted by Gasteiger charge is -2.32. The standard InChI is InChI=1S/C22H33N7O/c1-4-17-9-5-6-10-18(17)25-22-27-19(26-21(23)28-22)14-29-11-7-8-16(13-29)12-24-20(30)15(2)3/h5-6,9-10,15-16H,4,7-8,11-14H2,1-3H3,(H,24,30)(H3,23,25,26,27,28). The molecule has 8 nitrogen and oxygen atoms in total. The van der Waals surface area contributed by atoms with Crippen molar-refractivity contribution in [1.82, 2.24) is 25.2 Å². The fourth-order valence-corrected chi connectivity index (χ4v) is 3.75. The van der Waals surface area contributed by atoms with Crippen molar-refractivity contribution >= 4 is 23.5 Å². The summed E-state index contributed by atoms with van der Waals surface area (Å²) in [6.07, 6.45) is 3.13. The van der Waals surface area contributed by atoms with Crippen LogP contribution in [0.15, 0.2) is 24.3 Å². The first-order valence-electron chi connectivity index (χ1n) is 10.8. The molecule has 1 fully saturated rings. The van der Waals surface area contributed by atoms with Gasteiger partial charge in [0.15, 0.2) is 0 Å². The molecule has 3 rings (SSSR count). The molecule has 30 heavy (non-hydrogen) atoms. The van der Waals surface area contributed by atoms with Crippen molar-refractivity contribution < 1.29 is 4.79 Å². The molecule has 0 saturated carbocycles. The van der Waals surface area contributed by atoms with Crippen molar-refractivity contribution in [1.29, 1.82) is 0 Å². The van der Waals surface area contributed by atoms with Crippen molar-refractivity contribution in [2.75, 3.05) is 30.7 Å². The summed E-state index contributed by atoms with van der Waals surface area (Å²) in [4.78, 5) is 27.4. The van der Waals surface area contributed by atoms with Crippen LogP contribution in [0.5, 0.6) is 0 Å². The van der Waals surface area contributed by atoms with Crippen LogP contribution < -0.4 is 16.4 Å². The number of nitrogens with two attached hydrogens (primary N) is 1. The second kappa shape index (κ2) is 10.3. The molecule has 4 N–H and O–H groups in total. The van der Waals surface area contributed by atoms with Gasteiger partial charge in [0.1, 0.15) is 5.82 Å². The quantitative estimate of drug-likeness (QED) is 0.613. The summed E-state index contributed by atoms with van der Waals surface area (Å²) in [6.45, 7) is 9.17. The molecular weight excluding hydrogens is 378 g/mol. The maximum atomic E-state index is 11.9. The van der Waals surface area contributed by atoms with Crippen LogP contribution in [0.1, 0.15) is 45.0 Å². The average Bonchev–Trinajstić information content (AvgIpc) is 2.72. The Morgan fingerprint density at radius 1 is 1.27 bits per heavy atom. The number of amides is 1. The van der Waals surface area contributed by atoms with Crippen molar-refractivity contribution in [3.05, 3.63) is 35.7 Å². The number of anilines is 3. The third kappa shape index (κ3) is 6.13. The largest absolute Gasteiger partial charge is 0.368 e. The Morgan fingerprint density at radius 3 is 2.83 bits per heavy atom. The first-order valence-corrected chi connectivity index (χ1v) is 10.8. The molecule has 0 radical (unpaired) electrons. The summed E-state index contributed by atoms with van der Waals surface area (Å²) in [5.41, 5.74) is 8.13. The molecule has 1 saturated heterocycles. The topological polar surface area (TPSA) is 109 Å². The molecule has 0 bridgehead atoms. The Kier molecular flexibility index (Phi) is 7.57. The van der Waals surface area contributed by atoms with E-state index in [1.165, 1.54) is 5.56 Å². The number of carbonyl (C=O) groups is 1. The second-order valence-electron chi connectivity index (χ2n) is 8.21. The number of benzene rings is 1. The van der Waals surface area contributed by atoms with Crippen molar-refractivity contribution in [2.24, 2.45) is 11.8 Å². The van der Waals surface area contributed by atoms with Crippen LogP contribution in [-0.4, -0.2) is 45.4 Å². The highest BCUT2D eigenvalue weighted by Gasteiger charge is 2.22. The molecule has 1 unspecified atom stereocenters. The van der Waals surface area contributed by atoms with E-state index in [0.29, 0.717) is 30.8 Å². The zero-order valence-electron chi connectivity index (χ0n) is 18.2. The number of nitrogens with one attached hydrogen (secondary N) is 2. The van der Waals surface area contributed by atoms with Gasteiger partial charge in [-0.15, -0.1) is 0 Å². The number of carbonyl (C=O) groups excluding carboxylic acids is 1. The van der Waals surface area contributed by atoms with Crippen molar-refractivity contribution in [3.8, 4) is 0 Å². The lowest BCUT2D eigenvalue weighted by atomic mass is 9.97. The summed E-state index contributed by atoms with van der Waals surface area (Å²) in [7, 11) is 0. The highest BCUT2D eigenvalue weighted by molar-refractivity contribution is 5.77. The van der Waals surface area contributed by atoms with E-state index in [0.717, 1.165) is 38.0 Å². The van der Waals surface area contributed by atoms with E-state index in [1.54, 1.807) is 0 Å². The number of likely N-dealkylation sites (tertiary alicyclic amines) is 1. The number of para-hydroxylation sites is 1. The predicted octanol–water partition coefficient (Wildman–Crippen LogP) is 2.74. The smallest absolute Gasteiger partial charge is 0.232 e. The molecule has 1 aliphatic heterocycles. The van der Waals surface area contributed by atoms with Gasteiger partial charge in [0, 0.05) is 24.7 Å². The minimum absolute atomic E-state index is 0.0154. The van der Waals surface area contributed by atoms with Gasteiger partial charge < -0.3 is 16.4 Å². The molecule has 1 aliphatic rings. The molecule has 2 aromatic rings. The third-order valence-corrected chi connectivity index (χ3v) is 5.40. The Balaban J connectivity index is 1.63. The Hall–Kier alpha value is -2.74. The highest BCUT2D eigenvalue weighted by atomic mass is 16.1. The van der Waals surface area contributed by atoms with Crippen molar-refractivity contribution in [3.63, 3.8) is 0 Å². The fraction of sp³-hybridized carbons (Fsp3) is 0.545. The number of hydrogen-bond donors (Lipinski definition) is 3. The molecule has 2 heterocycles. The molecule has 1 amide bonds. The van der Waals surface area contributed by atoms with Gasteiger partial charge in [-0.2, -0.15) is 15.0 Å². The number of aryl methyl sites for hydroxylation is 1. The lowest BCUT2D eigenvalue weighted by molar-refractivity contribution is -0.124. The maximum absolute atomic E-state index is 11.9. The molecule has 0 spiro atoms. The molecule has 1 aromatic heterocycles. The number of nitrogens with zero attached hydrogens (tertiary/aromatic N) is 4. The van der Waals surface area contributed by atoms with E-state index < -0.39 is 0 Å². The Labute approximate surface area is 178 Å². The lowest BCUT2D eigenvalue weighted by Crippen LogP contribution is -2.41. The second-order valence-corrected chi connectivity index (χ2v) is 8.21. The van der Waals surface area contributed by atoms with Crippen LogP contribution >= 0.6 is 0 Å². The van der Waals surface area contributed by atoms with Crippen LogP contribution in [0.3, 0.4) is 0 Å². The summed E-state index contributed by atoms with van der Waals surface area (Å²) in [6, 6.07) is 8.10. The van der Waals surface area contributed by atoms with E-state index in [1.807, 2.05) is 32.0 Å². The number of rotatable bonds is 8. The maximum Gasteiger partial charge on any atom is 0.232 e. The van der Waals surface area contributed by atoms with Crippen molar-refractivity contribution in [2.45, 2.75) is 46.6 Å². The molecule has 1 aromatic carbocycles. The van der Waals surface area contributed by atoms with Crippen LogP contribution in [-0.2, 0) is 17.8 Å². The number of nitrogen functional groups attached to an aromatic ring is 1. The van der Waals surface area contributed by atoms with Gasteiger partial charge in [-0.1, -0.05) is 39.0 Å². The highest BCUT2D eigenvalue weighted by Crippen LogP contribution is 2.21. The Morgan fingerprint density at radius 2 is 2.07 bits per heavy atom. The zero-order valence-corrected chi connectivity index (χ0v) is 18.2. The van der Waals surface area contributed by atoms with Gasteiger partial charge in [-0.3, -0.25) is 9.69 Å². The monoisotopic (exact) mass is 411 g/mol. The number of piperidine rings is 1. The van der Waals surface area contributed by atoms with E-state index in [-0.39, 0.29) is 17.8 Å². The van der Waals surface area contributed by atoms with Crippen LogP contribution in [0.4, 0.5) is 17.6 Å².